The smallest absolute Gasteiger partial charge is 0.329 e. The lowest BCUT2D eigenvalue weighted by Crippen LogP contribution is -2.34. The van der Waals surface area contributed by atoms with Gasteiger partial charge in [-0.25, -0.2) is 5.43 Å². The second kappa shape index (κ2) is 13.0. The number of furan rings is 1. The van der Waals surface area contributed by atoms with Crippen molar-refractivity contribution in [2.45, 2.75) is 6.54 Å². The van der Waals surface area contributed by atoms with E-state index in [2.05, 4.69) is 26.5 Å². The maximum absolute atomic E-state index is 12.1. The zero-order chi connectivity index (χ0) is 27.5. The first kappa shape index (κ1) is 26.4. The lowest BCUT2D eigenvalue weighted by Gasteiger charge is -2.07. The normalized spacial score (nSPS) is 10.5. The highest BCUT2D eigenvalue weighted by Crippen LogP contribution is 2.22. The second-order valence-electron chi connectivity index (χ2n) is 7.90. The monoisotopic (exact) mass is 525 g/mol. The molecule has 196 valence electrons. The predicted molar refractivity (Wildman–Crippen MR) is 143 cm³/mol. The topological polar surface area (TPSA) is 151 Å². The van der Waals surface area contributed by atoms with Crippen molar-refractivity contribution in [3.05, 3.63) is 109 Å². The Bertz CT molecular complexity index is 1470. The standard InChI is InChI=1S/C28H23N5O6/c34-25(26(35)31-19-7-3-1-4-8-19)29-17-23-15-16-24(39-23)18-30-33-28(37)27(36)32-20-11-13-22(14-12-20)38-21-9-5-2-6-10-21/h1-16,18H,17H2,(H,29,34)(H,31,35)(H,32,36)(H,33,37)/b30-18+. The zero-order valence-corrected chi connectivity index (χ0v) is 20.4. The molecule has 1 aromatic heterocycles. The third-order valence-electron chi connectivity index (χ3n) is 5.00. The Morgan fingerprint density at radius 3 is 1.95 bits per heavy atom. The average molecular weight is 526 g/mol. The fourth-order valence-electron chi connectivity index (χ4n) is 3.14. The van der Waals surface area contributed by atoms with Crippen LogP contribution in [0.4, 0.5) is 11.4 Å². The van der Waals surface area contributed by atoms with Crippen LogP contribution in [0.3, 0.4) is 0 Å². The summed E-state index contributed by atoms with van der Waals surface area (Å²) in [4.78, 5) is 48.1. The van der Waals surface area contributed by atoms with Crippen LogP contribution in [-0.4, -0.2) is 29.8 Å². The van der Waals surface area contributed by atoms with Crippen molar-refractivity contribution in [3.63, 3.8) is 0 Å². The lowest BCUT2D eigenvalue weighted by molar-refractivity contribution is -0.136. The minimum atomic E-state index is -0.987. The van der Waals surface area contributed by atoms with Gasteiger partial charge in [0.2, 0.25) is 0 Å². The first-order chi connectivity index (χ1) is 19.0. The van der Waals surface area contributed by atoms with Crippen molar-refractivity contribution < 1.29 is 28.3 Å². The summed E-state index contributed by atoms with van der Waals surface area (Å²) in [5, 5.41) is 11.1. The van der Waals surface area contributed by atoms with Crippen LogP contribution >= 0.6 is 0 Å². The SMILES string of the molecule is O=C(NCc1ccc(/C=N/NC(=O)C(=O)Nc2ccc(Oc3ccccc3)cc2)o1)C(=O)Nc1ccccc1. The molecule has 0 radical (unpaired) electrons. The summed E-state index contributed by atoms with van der Waals surface area (Å²) in [5.41, 5.74) is 3.00. The molecule has 0 spiro atoms. The largest absolute Gasteiger partial charge is 0.458 e. The van der Waals surface area contributed by atoms with E-state index in [1.165, 1.54) is 6.21 Å². The molecule has 11 heteroatoms. The Hall–Kier alpha value is -5.71. The van der Waals surface area contributed by atoms with E-state index in [0.29, 0.717) is 28.6 Å². The Labute approximate surface area is 222 Å². The summed E-state index contributed by atoms with van der Waals surface area (Å²) in [6.07, 6.45) is 1.19. The van der Waals surface area contributed by atoms with E-state index < -0.39 is 23.6 Å². The minimum Gasteiger partial charge on any atom is -0.458 e. The molecule has 0 bridgehead atoms. The first-order valence-corrected chi connectivity index (χ1v) is 11.7. The van der Waals surface area contributed by atoms with Crippen LogP contribution in [0.2, 0.25) is 0 Å². The molecule has 0 unspecified atom stereocenters. The third kappa shape index (κ3) is 8.15. The zero-order valence-electron chi connectivity index (χ0n) is 20.4. The quantitative estimate of drug-likeness (QED) is 0.157. The van der Waals surface area contributed by atoms with Crippen molar-refractivity contribution in [1.29, 1.82) is 0 Å². The van der Waals surface area contributed by atoms with E-state index in [1.807, 2.05) is 30.3 Å². The maximum Gasteiger partial charge on any atom is 0.329 e. The maximum atomic E-state index is 12.1. The van der Waals surface area contributed by atoms with Gasteiger partial charge in [-0.2, -0.15) is 5.10 Å². The van der Waals surface area contributed by atoms with Crippen molar-refractivity contribution in [1.82, 2.24) is 10.7 Å². The summed E-state index contributed by atoms with van der Waals surface area (Å²) in [6, 6.07) is 27.4. The Morgan fingerprint density at radius 2 is 1.26 bits per heavy atom. The third-order valence-corrected chi connectivity index (χ3v) is 5.00. The highest BCUT2D eigenvalue weighted by Gasteiger charge is 2.15. The van der Waals surface area contributed by atoms with E-state index in [1.54, 1.807) is 66.7 Å². The van der Waals surface area contributed by atoms with Gasteiger partial charge >= 0.3 is 23.6 Å². The van der Waals surface area contributed by atoms with Gasteiger partial charge in [0.05, 0.1) is 12.8 Å². The molecule has 0 atom stereocenters. The number of hydrogen-bond donors (Lipinski definition) is 4. The average Bonchev–Trinajstić information content (AvgIpc) is 3.41. The van der Waals surface area contributed by atoms with Gasteiger partial charge in [0.15, 0.2) is 0 Å². The van der Waals surface area contributed by atoms with Gasteiger partial charge in [0.25, 0.3) is 0 Å². The molecular formula is C28H23N5O6. The molecule has 4 aromatic rings. The van der Waals surface area contributed by atoms with Crippen LogP contribution in [0.5, 0.6) is 11.5 Å². The van der Waals surface area contributed by atoms with Gasteiger partial charge < -0.3 is 25.1 Å². The number of anilines is 2. The summed E-state index contributed by atoms with van der Waals surface area (Å²) < 4.78 is 11.1. The number of rotatable bonds is 8. The molecule has 0 saturated carbocycles. The number of hydrazone groups is 1. The van der Waals surface area contributed by atoms with Gasteiger partial charge in [-0.3, -0.25) is 19.2 Å². The van der Waals surface area contributed by atoms with Crippen LogP contribution in [0.25, 0.3) is 0 Å². The number of nitrogens with zero attached hydrogens (tertiary/aromatic N) is 1. The van der Waals surface area contributed by atoms with Gasteiger partial charge in [0, 0.05) is 11.4 Å². The van der Waals surface area contributed by atoms with E-state index in [9.17, 15) is 19.2 Å². The second-order valence-corrected chi connectivity index (χ2v) is 7.90. The highest BCUT2D eigenvalue weighted by atomic mass is 16.5. The van der Waals surface area contributed by atoms with Crippen molar-refractivity contribution in [2.24, 2.45) is 5.10 Å². The van der Waals surface area contributed by atoms with Gasteiger partial charge in [0.1, 0.15) is 23.0 Å². The molecule has 3 aromatic carbocycles. The first-order valence-electron chi connectivity index (χ1n) is 11.7. The Kier molecular flexibility index (Phi) is 8.79. The number of benzene rings is 3. The number of hydrogen-bond acceptors (Lipinski definition) is 7. The fourth-order valence-corrected chi connectivity index (χ4v) is 3.14. The summed E-state index contributed by atoms with van der Waals surface area (Å²) >= 11 is 0. The number of carbonyl (C=O) groups is 4. The molecule has 1 heterocycles. The van der Waals surface area contributed by atoms with Crippen molar-refractivity contribution >= 4 is 41.2 Å². The van der Waals surface area contributed by atoms with Crippen LogP contribution < -0.4 is 26.1 Å². The van der Waals surface area contributed by atoms with Crippen LogP contribution in [0, 0.1) is 0 Å². The number of carbonyl (C=O) groups excluding carboxylic acids is 4. The Morgan fingerprint density at radius 1 is 0.667 bits per heavy atom. The molecule has 0 fully saturated rings. The van der Waals surface area contributed by atoms with E-state index >= 15 is 0 Å². The van der Waals surface area contributed by atoms with Crippen molar-refractivity contribution in [2.75, 3.05) is 10.6 Å². The van der Waals surface area contributed by atoms with Gasteiger partial charge in [-0.15, -0.1) is 0 Å². The fraction of sp³-hybridized carbons (Fsp3) is 0.0357. The molecule has 0 aliphatic carbocycles. The highest BCUT2D eigenvalue weighted by molar-refractivity contribution is 6.40. The van der Waals surface area contributed by atoms with E-state index in [-0.39, 0.29) is 12.3 Å². The molecule has 4 rings (SSSR count). The number of nitrogens with one attached hydrogen (secondary N) is 4. The molecule has 0 aliphatic heterocycles. The Balaban J connectivity index is 1.19. The summed E-state index contributed by atoms with van der Waals surface area (Å²) in [5.74, 6) is -1.70. The van der Waals surface area contributed by atoms with Gasteiger partial charge in [-0.05, 0) is 60.7 Å². The van der Waals surface area contributed by atoms with E-state index in [4.69, 9.17) is 9.15 Å². The van der Waals surface area contributed by atoms with Gasteiger partial charge in [-0.1, -0.05) is 36.4 Å². The summed E-state index contributed by atoms with van der Waals surface area (Å²) in [7, 11) is 0. The predicted octanol–water partition coefficient (Wildman–Crippen LogP) is 3.42. The van der Waals surface area contributed by atoms with Crippen LogP contribution in [-0.2, 0) is 25.7 Å². The van der Waals surface area contributed by atoms with Crippen LogP contribution in [0.1, 0.15) is 11.5 Å². The number of para-hydroxylation sites is 2. The lowest BCUT2D eigenvalue weighted by atomic mass is 10.3. The van der Waals surface area contributed by atoms with Crippen LogP contribution in [0.15, 0.2) is 107 Å². The minimum absolute atomic E-state index is 0.0428. The molecule has 39 heavy (non-hydrogen) atoms. The summed E-state index contributed by atoms with van der Waals surface area (Å²) in [6.45, 7) is -0.0428. The molecule has 4 amide bonds. The molecule has 0 aliphatic rings. The molecule has 4 N–H and O–H groups in total. The molecule has 11 nitrogen and oxygen atoms in total. The number of amides is 4. The molecule has 0 saturated heterocycles. The van der Waals surface area contributed by atoms with Crippen molar-refractivity contribution in [3.8, 4) is 11.5 Å². The van der Waals surface area contributed by atoms with E-state index in [0.717, 1.165) is 0 Å². The molecular weight excluding hydrogens is 502 g/mol. The number of ether oxygens (including phenoxy) is 1.